The third kappa shape index (κ3) is 1.92. The molecule has 1 rings (SSSR count). The van der Waals surface area contributed by atoms with Gasteiger partial charge in [-0.1, -0.05) is 0 Å². The van der Waals surface area contributed by atoms with Gasteiger partial charge in [0.15, 0.2) is 6.30 Å². The molecule has 0 bridgehead atoms. The predicted octanol–water partition coefficient (Wildman–Crippen LogP) is 0.725. The van der Waals surface area contributed by atoms with E-state index < -0.39 is 6.30 Å². The molecule has 0 amide bonds. The molecule has 1 atom stereocenters. The summed E-state index contributed by atoms with van der Waals surface area (Å²) in [6.07, 6.45) is 1.08. The molecule has 1 fully saturated rings. The van der Waals surface area contributed by atoms with Crippen molar-refractivity contribution in [1.82, 2.24) is 4.90 Å². The first-order chi connectivity index (χ1) is 4.70. The van der Waals surface area contributed by atoms with Crippen molar-refractivity contribution in [2.24, 2.45) is 5.73 Å². The van der Waals surface area contributed by atoms with Gasteiger partial charge < -0.3 is 5.73 Å². The summed E-state index contributed by atoms with van der Waals surface area (Å²) in [5.41, 5.74) is 5.65. The molecule has 1 unspecified atom stereocenters. The number of likely N-dealkylation sites (tertiary alicyclic amines) is 1. The van der Waals surface area contributed by atoms with E-state index in [0.717, 1.165) is 25.9 Å². The van der Waals surface area contributed by atoms with Gasteiger partial charge in [-0.25, -0.2) is 4.39 Å². The number of nitrogens with zero attached hydrogens (tertiary/aromatic N) is 1. The van der Waals surface area contributed by atoms with Crippen LogP contribution in [0.3, 0.4) is 0 Å². The second-order valence-electron chi connectivity index (χ2n) is 2.95. The zero-order valence-electron chi connectivity index (χ0n) is 6.39. The Kier molecular flexibility index (Phi) is 2.63. The number of halogens is 1. The maximum atomic E-state index is 12.6. The number of nitrogens with two attached hydrogens (primary N) is 1. The van der Waals surface area contributed by atoms with Crippen molar-refractivity contribution >= 4 is 0 Å². The van der Waals surface area contributed by atoms with Crippen LogP contribution in [-0.2, 0) is 0 Å². The molecular weight excluding hydrogens is 131 g/mol. The van der Waals surface area contributed by atoms with Crippen molar-refractivity contribution in [1.29, 1.82) is 0 Å². The quantitative estimate of drug-likeness (QED) is 0.552. The third-order valence-electron chi connectivity index (χ3n) is 2.08. The van der Waals surface area contributed by atoms with Crippen LogP contribution in [0.5, 0.6) is 0 Å². The molecule has 0 aromatic carbocycles. The molecule has 1 aliphatic heterocycles. The lowest BCUT2D eigenvalue weighted by atomic mass is 10.1. The van der Waals surface area contributed by atoms with Crippen LogP contribution in [0.2, 0.25) is 0 Å². The Bertz CT molecular complexity index is 97.8. The number of alkyl halides is 1. The maximum Gasteiger partial charge on any atom is 0.150 e. The molecule has 10 heavy (non-hydrogen) atoms. The van der Waals surface area contributed by atoms with Gasteiger partial charge in [0, 0.05) is 19.1 Å². The van der Waals surface area contributed by atoms with Gasteiger partial charge in [-0.05, 0) is 19.8 Å². The molecule has 2 N–H and O–H groups in total. The van der Waals surface area contributed by atoms with E-state index in [-0.39, 0.29) is 0 Å². The van der Waals surface area contributed by atoms with Crippen molar-refractivity contribution in [3.8, 4) is 0 Å². The van der Waals surface area contributed by atoms with Crippen molar-refractivity contribution < 1.29 is 4.39 Å². The summed E-state index contributed by atoms with van der Waals surface area (Å²) >= 11 is 0. The van der Waals surface area contributed by atoms with Crippen molar-refractivity contribution in [2.75, 3.05) is 13.1 Å². The first-order valence-electron chi connectivity index (χ1n) is 3.84. The highest BCUT2D eigenvalue weighted by Gasteiger charge is 2.19. The number of hydrogen-bond donors (Lipinski definition) is 1. The van der Waals surface area contributed by atoms with Crippen LogP contribution in [0.1, 0.15) is 19.8 Å². The van der Waals surface area contributed by atoms with Crippen LogP contribution in [-0.4, -0.2) is 30.3 Å². The molecule has 0 aromatic rings. The number of rotatable bonds is 1. The third-order valence-corrected chi connectivity index (χ3v) is 2.08. The van der Waals surface area contributed by atoms with Crippen LogP contribution in [0.15, 0.2) is 0 Å². The lowest BCUT2D eigenvalue weighted by Crippen LogP contribution is -2.42. The zero-order valence-corrected chi connectivity index (χ0v) is 6.39. The van der Waals surface area contributed by atoms with Crippen LogP contribution >= 0.6 is 0 Å². The second kappa shape index (κ2) is 3.30. The average molecular weight is 146 g/mol. The van der Waals surface area contributed by atoms with Gasteiger partial charge in [-0.15, -0.1) is 0 Å². The molecule has 1 heterocycles. The highest BCUT2D eigenvalue weighted by molar-refractivity contribution is 4.74. The first kappa shape index (κ1) is 7.95. The summed E-state index contributed by atoms with van der Waals surface area (Å²) in [6, 6.07) is 0.301. The summed E-state index contributed by atoms with van der Waals surface area (Å²) in [7, 11) is 0. The van der Waals surface area contributed by atoms with Gasteiger partial charge in [-0.3, -0.25) is 4.90 Å². The monoisotopic (exact) mass is 146 g/mol. The summed E-state index contributed by atoms with van der Waals surface area (Å²) in [6.45, 7) is 3.22. The lowest BCUT2D eigenvalue weighted by molar-refractivity contribution is 0.0730. The lowest BCUT2D eigenvalue weighted by Gasteiger charge is -2.30. The Hall–Kier alpha value is -0.150. The van der Waals surface area contributed by atoms with Crippen LogP contribution in [0, 0.1) is 0 Å². The molecule has 0 aromatic heterocycles. The number of hydrogen-bond acceptors (Lipinski definition) is 2. The first-order valence-corrected chi connectivity index (χ1v) is 3.84. The Morgan fingerprint density at radius 1 is 1.50 bits per heavy atom. The highest BCUT2D eigenvalue weighted by Crippen LogP contribution is 2.11. The highest BCUT2D eigenvalue weighted by atomic mass is 19.1. The van der Waals surface area contributed by atoms with E-state index in [0.29, 0.717) is 6.04 Å². The normalized spacial score (nSPS) is 26.7. The molecule has 3 heteroatoms. The van der Waals surface area contributed by atoms with E-state index in [1.54, 1.807) is 6.92 Å². The van der Waals surface area contributed by atoms with Gasteiger partial charge in [0.25, 0.3) is 0 Å². The average Bonchev–Trinajstić information content (AvgIpc) is 1.88. The topological polar surface area (TPSA) is 29.3 Å². The van der Waals surface area contributed by atoms with E-state index in [9.17, 15) is 4.39 Å². The Morgan fingerprint density at radius 3 is 2.40 bits per heavy atom. The standard InChI is InChI=1S/C7H15FN2/c1-6(8)10-4-2-7(9)3-5-10/h6-7H,2-5,9H2,1H3. The van der Waals surface area contributed by atoms with Gasteiger partial charge >= 0.3 is 0 Å². The maximum absolute atomic E-state index is 12.6. The van der Waals surface area contributed by atoms with E-state index in [1.165, 1.54) is 0 Å². The summed E-state index contributed by atoms with van der Waals surface area (Å²) in [5.74, 6) is 0. The molecule has 0 radical (unpaired) electrons. The molecular formula is C7H15FN2. The van der Waals surface area contributed by atoms with Gasteiger partial charge in [0.1, 0.15) is 0 Å². The molecule has 1 aliphatic rings. The van der Waals surface area contributed by atoms with Crippen LogP contribution in [0.25, 0.3) is 0 Å². The smallest absolute Gasteiger partial charge is 0.150 e. The Balaban J connectivity index is 2.26. The number of piperidine rings is 1. The zero-order chi connectivity index (χ0) is 7.56. The minimum atomic E-state index is -0.799. The Morgan fingerprint density at radius 2 is 2.00 bits per heavy atom. The molecule has 2 nitrogen and oxygen atoms in total. The second-order valence-corrected chi connectivity index (χ2v) is 2.95. The fourth-order valence-corrected chi connectivity index (χ4v) is 1.28. The van der Waals surface area contributed by atoms with Crippen molar-refractivity contribution in [3.05, 3.63) is 0 Å². The molecule has 60 valence electrons. The minimum absolute atomic E-state index is 0.301. The fourth-order valence-electron chi connectivity index (χ4n) is 1.28. The molecule has 0 spiro atoms. The summed E-state index contributed by atoms with van der Waals surface area (Å²) in [5, 5.41) is 0. The minimum Gasteiger partial charge on any atom is -0.328 e. The van der Waals surface area contributed by atoms with Crippen LogP contribution in [0.4, 0.5) is 4.39 Å². The summed E-state index contributed by atoms with van der Waals surface area (Å²) < 4.78 is 12.6. The fraction of sp³-hybridized carbons (Fsp3) is 1.00. The van der Waals surface area contributed by atoms with Gasteiger partial charge in [0.05, 0.1) is 0 Å². The van der Waals surface area contributed by atoms with Crippen LogP contribution < -0.4 is 5.73 Å². The van der Waals surface area contributed by atoms with E-state index >= 15 is 0 Å². The van der Waals surface area contributed by atoms with E-state index in [2.05, 4.69) is 0 Å². The van der Waals surface area contributed by atoms with Crippen molar-refractivity contribution in [2.45, 2.75) is 32.1 Å². The van der Waals surface area contributed by atoms with E-state index in [4.69, 9.17) is 5.73 Å². The largest absolute Gasteiger partial charge is 0.328 e. The SMILES string of the molecule is CC(F)N1CCC(N)CC1. The molecule has 0 saturated carbocycles. The van der Waals surface area contributed by atoms with Gasteiger partial charge in [-0.2, -0.15) is 0 Å². The molecule has 1 saturated heterocycles. The van der Waals surface area contributed by atoms with Crippen molar-refractivity contribution in [3.63, 3.8) is 0 Å². The predicted molar refractivity (Wildman–Crippen MR) is 39.4 cm³/mol. The van der Waals surface area contributed by atoms with Gasteiger partial charge in [0.2, 0.25) is 0 Å². The molecule has 0 aliphatic carbocycles. The summed E-state index contributed by atoms with van der Waals surface area (Å²) in [4.78, 5) is 1.82. The van der Waals surface area contributed by atoms with E-state index in [1.807, 2.05) is 4.90 Å². The Labute approximate surface area is 61.2 Å².